The summed E-state index contributed by atoms with van der Waals surface area (Å²) in [6.07, 6.45) is 1.03. The van der Waals surface area contributed by atoms with Crippen molar-refractivity contribution >= 4 is 32.7 Å². The highest BCUT2D eigenvalue weighted by Crippen LogP contribution is 2.39. The van der Waals surface area contributed by atoms with Gasteiger partial charge >= 0.3 is 0 Å². The zero-order chi connectivity index (χ0) is 22.8. The van der Waals surface area contributed by atoms with E-state index in [1.807, 2.05) is 36.4 Å². The van der Waals surface area contributed by atoms with Crippen molar-refractivity contribution < 1.29 is 17.0 Å². The number of benzene rings is 3. The summed E-state index contributed by atoms with van der Waals surface area (Å²) >= 11 is 0. The van der Waals surface area contributed by atoms with Crippen LogP contribution in [0, 0.1) is 19.5 Å². The summed E-state index contributed by atoms with van der Waals surface area (Å²) in [5, 5.41) is 3.07. The number of halogens is 1. The van der Waals surface area contributed by atoms with Gasteiger partial charge in [-0.3, -0.25) is 4.98 Å². The Morgan fingerprint density at radius 2 is 1.77 bits per heavy atom. The molecule has 0 aliphatic rings. The van der Waals surface area contributed by atoms with Crippen LogP contribution >= 0.6 is 0 Å². The highest BCUT2D eigenvalue weighted by Gasteiger charge is 2.17. The van der Waals surface area contributed by atoms with Crippen LogP contribution in [0.1, 0.15) is 19.4 Å². The van der Waals surface area contributed by atoms with Crippen molar-refractivity contribution in [2.45, 2.75) is 13.7 Å². The maximum Gasteiger partial charge on any atom is 0.145 e. The molecule has 5 aromatic rings. The van der Waals surface area contributed by atoms with Crippen LogP contribution in [0.25, 0.3) is 44.0 Å². The third kappa shape index (κ3) is 2.14. The Labute approximate surface area is 158 Å². The lowest BCUT2D eigenvalue weighted by molar-refractivity contribution is 0.627. The Morgan fingerprint density at radius 1 is 0.885 bits per heavy atom. The molecule has 126 valence electrons. The SMILES string of the molecule is [2H]C([2H])([2H])c1cnc(-c2cc(F)cc3c2oc2c4ccccc4ccc32)cc1C([2H])([2H])[2H]. The number of furan rings is 1. The van der Waals surface area contributed by atoms with Crippen molar-refractivity contribution in [1.29, 1.82) is 0 Å². The molecule has 0 unspecified atom stereocenters. The van der Waals surface area contributed by atoms with Gasteiger partial charge in [0, 0.05) is 36.1 Å². The first kappa shape index (κ1) is 10.1. The predicted molar refractivity (Wildman–Crippen MR) is 104 cm³/mol. The fourth-order valence-electron chi connectivity index (χ4n) is 3.36. The Bertz CT molecular complexity index is 1520. The van der Waals surface area contributed by atoms with Crippen molar-refractivity contribution in [3.05, 3.63) is 77.7 Å². The first-order valence-electron chi connectivity index (χ1n) is 11.1. The quantitative estimate of drug-likeness (QED) is 0.343. The number of nitrogens with zero attached hydrogens (tertiary/aromatic N) is 1. The van der Waals surface area contributed by atoms with Crippen molar-refractivity contribution in [1.82, 2.24) is 4.98 Å². The fourth-order valence-corrected chi connectivity index (χ4v) is 3.36. The summed E-state index contributed by atoms with van der Waals surface area (Å²) in [4.78, 5) is 4.18. The fraction of sp³-hybridized carbons (Fsp3) is 0.0870. The smallest absolute Gasteiger partial charge is 0.145 e. The molecule has 0 N–H and O–H groups in total. The molecule has 3 heteroatoms. The second-order valence-electron chi connectivity index (χ2n) is 6.21. The second-order valence-corrected chi connectivity index (χ2v) is 6.21. The van der Waals surface area contributed by atoms with Crippen molar-refractivity contribution in [2.75, 3.05) is 0 Å². The van der Waals surface area contributed by atoms with Gasteiger partial charge in [0.15, 0.2) is 0 Å². The van der Waals surface area contributed by atoms with E-state index in [1.165, 1.54) is 18.2 Å². The van der Waals surface area contributed by atoms with Crippen LogP contribution in [0.4, 0.5) is 4.39 Å². The number of hydrogen-bond acceptors (Lipinski definition) is 2. The highest BCUT2D eigenvalue weighted by molar-refractivity contribution is 6.17. The first-order chi connectivity index (χ1) is 15.0. The molecule has 0 radical (unpaired) electrons. The molecule has 0 aliphatic carbocycles. The monoisotopic (exact) mass is 347 g/mol. The average Bonchev–Trinajstić information content (AvgIpc) is 3.10. The van der Waals surface area contributed by atoms with E-state index in [-0.39, 0.29) is 22.4 Å². The topological polar surface area (TPSA) is 26.0 Å². The van der Waals surface area contributed by atoms with Gasteiger partial charge in [-0.2, -0.15) is 0 Å². The Morgan fingerprint density at radius 3 is 2.65 bits per heavy atom. The maximum atomic E-state index is 14.6. The molecule has 0 atom stereocenters. The molecule has 0 spiro atoms. The van der Waals surface area contributed by atoms with Crippen molar-refractivity contribution in [3.8, 4) is 11.3 Å². The van der Waals surface area contributed by atoms with Crippen molar-refractivity contribution in [3.63, 3.8) is 0 Å². The van der Waals surface area contributed by atoms with E-state index in [9.17, 15) is 4.39 Å². The standard InChI is InChI=1S/C23H16FNO/c1-13-9-21(25-12-14(13)2)20-11-16(24)10-19-18-8-7-15-5-3-4-6-17(15)22(18)26-23(19)20/h3-12H,1-2H3/i1D3,2D3. The minimum absolute atomic E-state index is 0.122. The molecule has 26 heavy (non-hydrogen) atoms. The number of pyridine rings is 1. The van der Waals surface area contributed by atoms with E-state index in [0.717, 1.165) is 22.4 Å². The number of aromatic nitrogens is 1. The molecule has 2 aromatic heterocycles. The third-order valence-corrected chi connectivity index (χ3v) is 4.61. The molecule has 2 heterocycles. The van der Waals surface area contributed by atoms with E-state index >= 15 is 0 Å². The molecule has 0 saturated heterocycles. The normalized spacial score (nSPS) is 16.0. The zero-order valence-electron chi connectivity index (χ0n) is 19.5. The van der Waals surface area contributed by atoms with E-state index in [1.54, 1.807) is 0 Å². The summed E-state index contributed by atoms with van der Waals surface area (Å²) in [6, 6.07) is 15.2. The second kappa shape index (κ2) is 5.40. The summed E-state index contributed by atoms with van der Waals surface area (Å²) in [5.41, 5.74) is 0.606. The summed E-state index contributed by atoms with van der Waals surface area (Å²) < 4.78 is 67.1. The first-order valence-corrected chi connectivity index (χ1v) is 8.09. The van der Waals surface area contributed by atoms with Crippen LogP contribution in [0.5, 0.6) is 0 Å². The number of rotatable bonds is 1. The van der Waals surface area contributed by atoms with E-state index < -0.39 is 19.5 Å². The Balaban J connectivity index is 1.84. The molecule has 0 bridgehead atoms. The summed E-state index contributed by atoms with van der Waals surface area (Å²) in [6.45, 7) is -5.33. The van der Waals surface area contributed by atoms with E-state index in [0.29, 0.717) is 16.6 Å². The minimum atomic E-state index is -2.68. The lowest BCUT2D eigenvalue weighted by atomic mass is 10.0. The average molecular weight is 347 g/mol. The van der Waals surface area contributed by atoms with Crippen LogP contribution in [0.2, 0.25) is 0 Å². The Hall–Kier alpha value is -3.20. The minimum Gasteiger partial charge on any atom is -0.455 e. The molecule has 2 nitrogen and oxygen atoms in total. The largest absolute Gasteiger partial charge is 0.455 e. The van der Waals surface area contributed by atoms with Gasteiger partial charge < -0.3 is 4.42 Å². The van der Waals surface area contributed by atoms with E-state index in [2.05, 4.69) is 4.98 Å². The molecule has 5 rings (SSSR count). The van der Waals surface area contributed by atoms with Gasteiger partial charge in [-0.25, -0.2) is 4.39 Å². The van der Waals surface area contributed by atoms with Gasteiger partial charge in [-0.15, -0.1) is 0 Å². The van der Waals surface area contributed by atoms with Gasteiger partial charge in [-0.1, -0.05) is 30.3 Å². The lowest BCUT2D eigenvalue weighted by Gasteiger charge is -2.05. The van der Waals surface area contributed by atoms with Crippen LogP contribution < -0.4 is 0 Å². The molecule has 0 aliphatic heterocycles. The lowest BCUT2D eigenvalue weighted by Crippen LogP contribution is -1.90. The highest BCUT2D eigenvalue weighted by atomic mass is 19.1. The maximum absolute atomic E-state index is 14.6. The molecule has 0 amide bonds. The molecule has 0 saturated carbocycles. The summed E-state index contributed by atoms with van der Waals surface area (Å²) in [7, 11) is 0. The molecule has 0 fully saturated rings. The van der Waals surface area contributed by atoms with Gasteiger partial charge in [0.05, 0.1) is 5.69 Å². The van der Waals surface area contributed by atoms with E-state index in [4.69, 9.17) is 12.6 Å². The number of aryl methyl sites for hydroxylation is 2. The van der Waals surface area contributed by atoms with Gasteiger partial charge in [0.1, 0.15) is 17.0 Å². The van der Waals surface area contributed by atoms with Crippen LogP contribution in [-0.4, -0.2) is 4.98 Å². The number of hydrogen-bond donors (Lipinski definition) is 0. The van der Waals surface area contributed by atoms with Crippen molar-refractivity contribution in [2.24, 2.45) is 0 Å². The van der Waals surface area contributed by atoms with Gasteiger partial charge in [0.25, 0.3) is 0 Å². The Kier molecular flexibility index (Phi) is 2.09. The molecule has 3 aromatic carbocycles. The van der Waals surface area contributed by atoms with Crippen LogP contribution in [-0.2, 0) is 0 Å². The van der Waals surface area contributed by atoms with Crippen LogP contribution in [0.3, 0.4) is 0 Å². The number of fused-ring (bicyclic) bond motifs is 5. The molecular formula is C23H16FNO. The predicted octanol–water partition coefficient (Wildman–Crippen LogP) is 6.56. The van der Waals surface area contributed by atoms with Gasteiger partial charge in [-0.05, 0) is 54.5 Å². The summed E-state index contributed by atoms with van der Waals surface area (Å²) in [5.74, 6) is -0.541. The zero-order valence-corrected chi connectivity index (χ0v) is 13.5. The van der Waals surface area contributed by atoms with Crippen LogP contribution in [0.15, 0.2) is 65.2 Å². The third-order valence-electron chi connectivity index (χ3n) is 4.61. The molecular weight excluding hydrogens is 325 g/mol. The van der Waals surface area contributed by atoms with Gasteiger partial charge in [0.2, 0.25) is 0 Å².